The van der Waals surface area contributed by atoms with Crippen molar-refractivity contribution in [3.05, 3.63) is 63.2 Å². The second kappa shape index (κ2) is 8.43. The van der Waals surface area contributed by atoms with Gasteiger partial charge in [-0.05, 0) is 49.2 Å². The summed E-state index contributed by atoms with van der Waals surface area (Å²) in [5, 5.41) is 11.2. The fraction of sp³-hybridized carbons (Fsp3) is 0.250. The lowest BCUT2D eigenvalue weighted by Gasteiger charge is -2.08. The molecule has 0 amide bonds. The maximum absolute atomic E-state index is 11.9. The quantitative estimate of drug-likeness (QED) is 0.236. The molecule has 0 saturated carbocycles. The molecule has 28 heavy (non-hydrogen) atoms. The molecule has 0 spiro atoms. The minimum Gasteiger partial charge on any atom is -0.490 e. The highest BCUT2D eigenvalue weighted by Crippen LogP contribution is 2.38. The van der Waals surface area contributed by atoms with Crippen LogP contribution < -0.4 is 14.2 Å². The van der Waals surface area contributed by atoms with Gasteiger partial charge in [0.25, 0.3) is 5.69 Å². The molecule has 0 saturated heterocycles. The van der Waals surface area contributed by atoms with Gasteiger partial charge in [-0.3, -0.25) is 10.1 Å². The first kappa shape index (κ1) is 19.2. The van der Waals surface area contributed by atoms with E-state index < -0.39 is 10.9 Å². The third-order valence-corrected chi connectivity index (χ3v) is 3.91. The van der Waals surface area contributed by atoms with Crippen LogP contribution in [-0.2, 0) is 9.53 Å². The van der Waals surface area contributed by atoms with Gasteiger partial charge in [-0.2, -0.15) is 0 Å². The average molecular weight is 385 g/mol. The van der Waals surface area contributed by atoms with Crippen molar-refractivity contribution in [2.75, 3.05) is 20.0 Å². The number of nitro groups is 1. The van der Waals surface area contributed by atoms with Crippen LogP contribution in [0.15, 0.2) is 36.4 Å². The van der Waals surface area contributed by atoms with Crippen molar-refractivity contribution >= 4 is 17.7 Å². The lowest BCUT2D eigenvalue weighted by molar-refractivity contribution is -0.385. The first-order valence-corrected chi connectivity index (χ1v) is 8.56. The van der Waals surface area contributed by atoms with E-state index in [0.717, 1.165) is 17.2 Å². The van der Waals surface area contributed by atoms with Gasteiger partial charge in [-0.25, -0.2) is 4.79 Å². The Kier molecular flexibility index (Phi) is 5.78. The number of carbonyl (C=O) groups excluding carboxylic acids is 1. The van der Waals surface area contributed by atoms with E-state index in [4.69, 9.17) is 18.9 Å². The fourth-order valence-corrected chi connectivity index (χ4v) is 2.76. The summed E-state index contributed by atoms with van der Waals surface area (Å²) in [5.41, 5.74) is 2.20. The lowest BCUT2D eigenvalue weighted by atomic mass is 10.1. The predicted octanol–water partition coefficient (Wildman–Crippen LogP) is 3.58. The molecule has 0 N–H and O–H groups in total. The maximum Gasteiger partial charge on any atom is 0.330 e. The Morgan fingerprint density at radius 1 is 1.11 bits per heavy atom. The van der Waals surface area contributed by atoms with Crippen LogP contribution in [0.1, 0.15) is 16.7 Å². The molecule has 0 fully saturated rings. The largest absolute Gasteiger partial charge is 0.490 e. The molecule has 1 aliphatic heterocycles. The first-order valence-electron chi connectivity index (χ1n) is 8.56. The molecule has 0 unspecified atom stereocenters. The summed E-state index contributed by atoms with van der Waals surface area (Å²) in [6, 6.07) is 8.55. The van der Waals surface area contributed by atoms with Crippen molar-refractivity contribution in [3.8, 4) is 17.2 Å². The van der Waals surface area contributed by atoms with E-state index in [9.17, 15) is 14.9 Å². The molecule has 2 aromatic carbocycles. The third kappa shape index (κ3) is 4.79. The van der Waals surface area contributed by atoms with Gasteiger partial charge >= 0.3 is 5.97 Å². The van der Waals surface area contributed by atoms with E-state index in [-0.39, 0.29) is 31.3 Å². The van der Waals surface area contributed by atoms with Crippen molar-refractivity contribution in [3.63, 3.8) is 0 Å². The fourth-order valence-electron chi connectivity index (χ4n) is 2.76. The third-order valence-electron chi connectivity index (χ3n) is 3.91. The monoisotopic (exact) mass is 385 g/mol. The number of aryl methyl sites for hydroxylation is 2. The number of hydrogen-bond acceptors (Lipinski definition) is 7. The smallest absolute Gasteiger partial charge is 0.330 e. The lowest BCUT2D eigenvalue weighted by Crippen LogP contribution is -2.10. The van der Waals surface area contributed by atoms with Crippen molar-refractivity contribution in [1.29, 1.82) is 0 Å². The first-order chi connectivity index (χ1) is 13.4. The number of carbonyl (C=O) groups is 1. The van der Waals surface area contributed by atoms with E-state index in [0.29, 0.717) is 17.2 Å². The van der Waals surface area contributed by atoms with Crippen LogP contribution in [0.5, 0.6) is 17.2 Å². The Hall–Kier alpha value is -3.55. The summed E-state index contributed by atoms with van der Waals surface area (Å²) in [6.45, 7) is 4.20. The van der Waals surface area contributed by atoms with Crippen LogP contribution in [0.4, 0.5) is 5.69 Å². The molecule has 0 aromatic heterocycles. The summed E-state index contributed by atoms with van der Waals surface area (Å²) in [7, 11) is 0. The zero-order valence-electron chi connectivity index (χ0n) is 15.5. The normalized spacial score (nSPS) is 12.2. The minimum atomic E-state index is -0.629. The number of hydrogen-bond donors (Lipinski definition) is 0. The summed E-state index contributed by atoms with van der Waals surface area (Å²) in [4.78, 5) is 22.5. The number of benzene rings is 2. The Balaban J connectivity index is 1.55. The Labute approximate surface area is 161 Å². The van der Waals surface area contributed by atoms with Crippen LogP contribution in [-0.4, -0.2) is 30.9 Å². The zero-order valence-corrected chi connectivity index (χ0v) is 15.5. The number of nitro benzene ring substituents is 1. The van der Waals surface area contributed by atoms with Gasteiger partial charge in [0.1, 0.15) is 19.0 Å². The van der Waals surface area contributed by atoms with Gasteiger partial charge in [0, 0.05) is 6.08 Å². The highest BCUT2D eigenvalue weighted by atomic mass is 16.7. The number of nitrogens with zero attached hydrogens (tertiary/aromatic N) is 1. The summed E-state index contributed by atoms with van der Waals surface area (Å²) >= 11 is 0. The molecule has 8 heteroatoms. The molecule has 0 aliphatic carbocycles. The van der Waals surface area contributed by atoms with Crippen LogP contribution in [0.25, 0.3) is 6.08 Å². The second-order valence-electron chi connectivity index (χ2n) is 6.19. The summed E-state index contributed by atoms with van der Waals surface area (Å²) in [5.74, 6) is 0.770. The van der Waals surface area contributed by atoms with Crippen molar-refractivity contribution in [2.24, 2.45) is 0 Å². The maximum atomic E-state index is 11.9. The molecule has 0 bridgehead atoms. The Bertz CT molecular complexity index is 916. The van der Waals surface area contributed by atoms with Crippen LogP contribution in [0.2, 0.25) is 0 Å². The van der Waals surface area contributed by atoms with E-state index in [2.05, 4.69) is 0 Å². The van der Waals surface area contributed by atoms with E-state index >= 15 is 0 Å². The average Bonchev–Trinajstić information content (AvgIpc) is 3.09. The second-order valence-corrected chi connectivity index (χ2v) is 6.19. The Morgan fingerprint density at radius 2 is 1.79 bits per heavy atom. The van der Waals surface area contributed by atoms with Gasteiger partial charge in [-0.15, -0.1) is 0 Å². The highest BCUT2D eigenvalue weighted by Gasteiger charge is 2.22. The molecule has 1 aliphatic rings. The Morgan fingerprint density at radius 3 is 2.46 bits per heavy atom. The zero-order chi connectivity index (χ0) is 20.1. The van der Waals surface area contributed by atoms with Crippen molar-refractivity contribution < 1.29 is 28.7 Å². The van der Waals surface area contributed by atoms with Gasteiger partial charge in [0.2, 0.25) is 6.79 Å². The number of rotatable bonds is 7. The molecule has 146 valence electrons. The molecular formula is C20H19NO7. The van der Waals surface area contributed by atoms with Crippen LogP contribution in [0.3, 0.4) is 0 Å². The van der Waals surface area contributed by atoms with Crippen LogP contribution in [0, 0.1) is 24.0 Å². The van der Waals surface area contributed by atoms with E-state index in [1.54, 1.807) is 0 Å². The van der Waals surface area contributed by atoms with Gasteiger partial charge < -0.3 is 18.9 Å². The molecule has 1 heterocycles. The van der Waals surface area contributed by atoms with Crippen molar-refractivity contribution in [2.45, 2.75) is 13.8 Å². The molecule has 3 rings (SSSR count). The standard InChI is InChI=1S/C20H19NO7/c1-13-7-14(2)9-16(8-13)25-5-6-26-20(22)4-3-15-10-18-19(28-12-27-18)11-17(15)21(23)24/h3-4,7-11H,5-6,12H2,1-2H3/b4-3+. The molecule has 2 aromatic rings. The highest BCUT2D eigenvalue weighted by molar-refractivity contribution is 5.88. The summed E-state index contributed by atoms with van der Waals surface area (Å²) in [6.07, 6.45) is 2.44. The molecule has 0 radical (unpaired) electrons. The summed E-state index contributed by atoms with van der Waals surface area (Å²) < 4.78 is 21.0. The molecular weight excluding hydrogens is 366 g/mol. The van der Waals surface area contributed by atoms with Crippen molar-refractivity contribution in [1.82, 2.24) is 0 Å². The van der Waals surface area contributed by atoms with E-state index in [1.165, 1.54) is 18.2 Å². The SMILES string of the molecule is Cc1cc(C)cc(OCCOC(=O)/C=C/c2cc3c(cc2[N+](=O)[O-])OCO3)c1. The predicted molar refractivity (Wildman–Crippen MR) is 101 cm³/mol. The van der Waals surface area contributed by atoms with E-state index in [1.807, 2.05) is 32.0 Å². The number of ether oxygens (including phenoxy) is 4. The van der Waals surface area contributed by atoms with Gasteiger partial charge in [0.15, 0.2) is 11.5 Å². The molecule has 0 atom stereocenters. The topological polar surface area (TPSA) is 97.1 Å². The van der Waals surface area contributed by atoms with Crippen LogP contribution >= 0.6 is 0 Å². The van der Waals surface area contributed by atoms with Gasteiger partial charge in [-0.1, -0.05) is 6.07 Å². The number of esters is 1. The van der Waals surface area contributed by atoms with Gasteiger partial charge in [0.05, 0.1) is 16.6 Å². The minimum absolute atomic E-state index is 0.00214. The molecule has 8 nitrogen and oxygen atoms in total. The number of fused-ring (bicyclic) bond motifs is 1.